The Morgan fingerprint density at radius 2 is 1.98 bits per heavy atom. The third kappa shape index (κ3) is 4.06. The molecule has 4 aromatic rings. The van der Waals surface area contributed by atoms with Gasteiger partial charge in [-0.15, -0.1) is 0 Å². The summed E-state index contributed by atoms with van der Waals surface area (Å²) in [5.74, 6) is 1.55. The summed E-state index contributed by atoms with van der Waals surface area (Å²) in [5, 5.41) is 3.66. The highest BCUT2D eigenvalue weighted by Crippen LogP contribution is 2.54. The molecule has 3 aliphatic heterocycles. The van der Waals surface area contributed by atoms with Gasteiger partial charge in [-0.05, 0) is 67.5 Å². The highest BCUT2D eigenvalue weighted by molar-refractivity contribution is 5.96. The second-order valence-electron chi connectivity index (χ2n) is 11.5. The van der Waals surface area contributed by atoms with Crippen LogP contribution < -0.4 is 20.5 Å². The van der Waals surface area contributed by atoms with Gasteiger partial charge in [-0.3, -0.25) is 19.4 Å². The maximum Gasteiger partial charge on any atom is 0.410 e. The van der Waals surface area contributed by atoms with E-state index in [4.69, 9.17) is 19.4 Å². The lowest BCUT2D eigenvalue weighted by molar-refractivity contribution is -0.121. The first-order valence-corrected chi connectivity index (χ1v) is 14.8. The Kier molecular flexibility index (Phi) is 5.96. The van der Waals surface area contributed by atoms with E-state index < -0.39 is 0 Å². The van der Waals surface area contributed by atoms with Gasteiger partial charge >= 0.3 is 6.09 Å². The number of amides is 2. The zero-order valence-corrected chi connectivity index (χ0v) is 24.2. The molecule has 0 saturated heterocycles. The van der Waals surface area contributed by atoms with Crippen LogP contribution in [-0.2, 0) is 28.0 Å². The standard InChI is InChI=1S/C31H30N8O5/c1-43-30(42)37-15-10-19-6-7-20(16-22(19)31(37)11-12-31)33-29-32-17-21-26(35-29)39-24-9-8-23-27(34-24)36(25(40)18-44-23)13-4-2-3-5-14-38(39)28(21)41/h3,5-9,16-17H,2,4,10-15,18H2,1H3,(H,32,33,35). The average molecular weight is 595 g/mol. The molecule has 13 nitrogen and oxygen atoms in total. The van der Waals surface area contributed by atoms with E-state index in [1.165, 1.54) is 18.9 Å². The Bertz CT molecular complexity index is 1940. The first kappa shape index (κ1) is 26.4. The molecule has 2 amide bonds. The molecule has 0 unspecified atom stereocenters. The lowest BCUT2D eigenvalue weighted by Crippen LogP contribution is -2.45. The largest absolute Gasteiger partial charge is 0.480 e. The monoisotopic (exact) mass is 594 g/mol. The van der Waals surface area contributed by atoms with E-state index in [9.17, 15) is 14.4 Å². The van der Waals surface area contributed by atoms with E-state index in [1.54, 1.807) is 26.4 Å². The fourth-order valence-corrected chi connectivity index (χ4v) is 6.62. The number of allylic oxidation sites excluding steroid dienone is 2. The van der Waals surface area contributed by atoms with Gasteiger partial charge in [-0.2, -0.15) is 4.98 Å². The van der Waals surface area contributed by atoms with Crippen molar-refractivity contribution in [2.45, 2.75) is 44.2 Å². The Balaban J connectivity index is 1.21. The smallest absolute Gasteiger partial charge is 0.410 e. The van der Waals surface area contributed by atoms with Gasteiger partial charge in [0.2, 0.25) is 5.95 Å². The van der Waals surface area contributed by atoms with Crippen LogP contribution in [0.4, 0.5) is 22.2 Å². The summed E-state index contributed by atoms with van der Waals surface area (Å²) in [5.41, 5.74) is 2.90. The molecular formula is C31H30N8O5. The number of rotatable bonds is 2. The molecule has 6 heterocycles. The molecule has 44 heavy (non-hydrogen) atoms. The summed E-state index contributed by atoms with van der Waals surface area (Å²) >= 11 is 0. The molecule has 1 saturated carbocycles. The van der Waals surface area contributed by atoms with Crippen molar-refractivity contribution in [1.29, 1.82) is 0 Å². The number of carbonyl (C=O) groups excluding carboxylic acids is 2. The maximum atomic E-state index is 13.6. The van der Waals surface area contributed by atoms with Gasteiger partial charge in [0.1, 0.15) is 5.39 Å². The predicted octanol–water partition coefficient (Wildman–Crippen LogP) is 3.41. The van der Waals surface area contributed by atoms with Crippen molar-refractivity contribution in [2.24, 2.45) is 0 Å². The summed E-state index contributed by atoms with van der Waals surface area (Å²) in [6, 6.07) is 9.66. The van der Waals surface area contributed by atoms with Crippen LogP contribution in [0.3, 0.4) is 0 Å². The van der Waals surface area contributed by atoms with Crippen molar-refractivity contribution in [2.75, 3.05) is 37.0 Å². The lowest BCUT2D eigenvalue weighted by Gasteiger charge is -2.37. The van der Waals surface area contributed by atoms with Crippen LogP contribution in [0, 0.1) is 0 Å². The molecular weight excluding hydrogens is 564 g/mol. The lowest BCUT2D eigenvalue weighted by atomic mass is 9.90. The molecule has 2 bridgehead atoms. The van der Waals surface area contributed by atoms with E-state index in [-0.39, 0.29) is 29.7 Å². The SMILES string of the molecule is COC(=O)N1CCc2ccc(Nc3ncc4c(=O)n5n(c4n3)-c3ccc4c(n3)N(CCCC=CC5)C(=O)CO4)cc2C12CC2. The average Bonchev–Trinajstić information content (AvgIpc) is 3.77. The summed E-state index contributed by atoms with van der Waals surface area (Å²) < 4.78 is 14.0. The number of fused-ring (bicyclic) bond motifs is 7. The van der Waals surface area contributed by atoms with Crippen LogP contribution in [0.25, 0.3) is 16.9 Å². The number of ether oxygens (including phenoxy) is 2. The quantitative estimate of drug-likeness (QED) is 0.346. The predicted molar refractivity (Wildman–Crippen MR) is 161 cm³/mol. The fraction of sp³-hybridized carbons (Fsp3) is 0.355. The van der Waals surface area contributed by atoms with Gasteiger partial charge in [0.15, 0.2) is 29.6 Å². The minimum atomic E-state index is -0.339. The van der Waals surface area contributed by atoms with Crippen molar-refractivity contribution < 1.29 is 19.1 Å². The Morgan fingerprint density at radius 3 is 2.82 bits per heavy atom. The molecule has 0 radical (unpaired) electrons. The highest BCUT2D eigenvalue weighted by atomic mass is 16.5. The normalized spacial score (nSPS) is 18.2. The number of benzene rings is 1. The number of nitrogens with zero attached hydrogens (tertiary/aromatic N) is 7. The summed E-state index contributed by atoms with van der Waals surface area (Å²) in [6.45, 7) is 1.43. The molecule has 1 N–H and O–H groups in total. The van der Waals surface area contributed by atoms with Gasteiger partial charge in [0.05, 0.1) is 19.2 Å². The van der Waals surface area contributed by atoms with Crippen LogP contribution in [0.5, 0.6) is 5.75 Å². The van der Waals surface area contributed by atoms with E-state index in [0.29, 0.717) is 54.0 Å². The van der Waals surface area contributed by atoms with Crippen molar-refractivity contribution in [1.82, 2.24) is 29.2 Å². The van der Waals surface area contributed by atoms with Crippen LogP contribution in [0.1, 0.15) is 36.8 Å². The number of pyridine rings is 1. The van der Waals surface area contributed by atoms with E-state index >= 15 is 0 Å². The molecule has 4 aliphatic rings. The molecule has 224 valence electrons. The first-order chi connectivity index (χ1) is 21.5. The van der Waals surface area contributed by atoms with Crippen molar-refractivity contribution in [3.8, 4) is 11.6 Å². The zero-order chi connectivity index (χ0) is 30.0. The fourth-order valence-electron chi connectivity index (χ4n) is 6.62. The number of methoxy groups -OCH3 is 1. The van der Waals surface area contributed by atoms with Crippen molar-refractivity contribution in [3.05, 3.63) is 70.2 Å². The molecule has 1 fully saturated rings. The highest BCUT2D eigenvalue weighted by Gasteiger charge is 2.54. The molecule has 8 rings (SSSR count). The Morgan fingerprint density at radius 1 is 1.09 bits per heavy atom. The van der Waals surface area contributed by atoms with E-state index in [1.807, 2.05) is 23.1 Å². The Hall–Kier alpha value is -5.20. The van der Waals surface area contributed by atoms with Crippen molar-refractivity contribution in [3.63, 3.8) is 0 Å². The minimum Gasteiger partial charge on any atom is -0.480 e. The molecule has 0 atom stereocenters. The Labute approximate surface area is 251 Å². The van der Waals surface area contributed by atoms with Gasteiger partial charge in [0.25, 0.3) is 11.5 Å². The van der Waals surface area contributed by atoms with Gasteiger partial charge in [-0.1, -0.05) is 18.2 Å². The van der Waals surface area contributed by atoms with Gasteiger partial charge in [0, 0.05) is 25.0 Å². The molecule has 1 spiro atoms. The molecule has 1 aromatic carbocycles. The van der Waals surface area contributed by atoms with Crippen LogP contribution in [-0.4, -0.2) is 68.0 Å². The number of anilines is 3. The molecule has 3 aromatic heterocycles. The summed E-state index contributed by atoms with van der Waals surface area (Å²) in [7, 11) is 1.42. The second kappa shape index (κ2) is 9.93. The van der Waals surface area contributed by atoms with E-state index in [2.05, 4.69) is 22.4 Å². The van der Waals surface area contributed by atoms with Gasteiger partial charge < -0.3 is 14.8 Å². The second-order valence-corrected chi connectivity index (χ2v) is 11.5. The minimum absolute atomic E-state index is 0.0339. The zero-order valence-electron chi connectivity index (χ0n) is 24.2. The number of hydrogen-bond acceptors (Lipinski definition) is 9. The topological polar surface area (TPSA) is 137 Å². The number of nitrogens with one attached hydrogen (secondary N) is 1. The van der Waals surface area contributed by atoms with Crippen LogP contribution in [0.2, 0.25) is 0 Å². The third-order valence-corrected chi connectivity index (χ3v) is 8.93. The summed E-state index contributed by atoms with van der Waals surface area (Å²) in [6.07, 6.45) is 9.22. The maximum absolute atomic E-state index is 13.6. The van der Waals surface area contributed by atoms with E-state index in [0.717, 1.165) is 43.4 Å². The first-order valence-electron chi connectivity index (χ1n) is 14.8. The van der Waals surface area contributed by atoms with Crippen LogP contribution in [0.15, 0.2) is 53.5 Å². The summed E-state index contributed by atoms with van der Waals surface area (Å²) in [4.78, 5) is 56.4. The molecule has 1 aliphatic carbocycles. The van der Waals surface area contributed by atoms with Gasteiger partial charge in [-0.25, -0.2) is 24.1 Å². The third-order valence-electron chi connectivity index (χ3n) is 8.93. The van der Waals surface area contributed by atoms with Crippen LogP contribution >= 0.6 is 0 Å². The number of hydrogen-bond donors (Lipinski definition) is 1. The number of aromatic nitrogens is 5. The van der Waals surface area contributed by atoms with Crippen molar-refractivity contribution >= 4 is 40.5 Å². The number of carbonyl (C=O) groups is 2. The molecule has 13 heteroatoms.